The van der Waals surface area contributed by atoms with E-state index in [1.807, 2.05) is 12.3 Å². The zero-order chi connectivity index (χ0) is 11.8. The molecule has 0 aliphatic carbocycles. The van der Waals surface area contributed by atoms with Gasteiger partial charge < -0.3 is 10.4 Å². The zero-order valence-corrected chi connectivity index (χ0v) is 10.5. The fourth-order valence-electron chi connectivity index (χ4n) is 1.83. The molecular weight excluding hydrogens is 248 g/mol. The Morgan fingerprint density at radius 1 is 1.62 bits per heavy atom. The van der Waals surface area contributed by atoms with Gasteiger partial charge in [-0.3, -0.25) is 0 Å². The standard InChI is InChI=1S/C9H14N2O3S2/c1-6(9-10-2-3-15-9)11-7-4-16(13,14)5-8(7)12/h2-3,6-8,11-12H,4-5H2,1H3. The van der Waals surface area contributed by atoms with E-state index in [9.17, 15) is 13.5 Å². The first-order valence-electron chi connectivity index (χ1n) is 5.02. The summed E-state index contributed by atoms with van der Waals surface area (Å²) in [6.07, 6.45) is 0.896. The van der Waals surface area contributed by atoms with Crippen molar-refractivity contribution in [3.8, 4) is 0 Å². The Bertz CT molecular complexity index is 443. The third kappa shape index (κ3) is 2.60. The highest BCUT2D eigenvalue weighted by atomic mass is 32.2. The van der Waals surface area contributed by atoms with Crippen molar-refractivity contribution >= 4 is 21.2 Å². The molecule has 2 rings (SSSR count). The quantitative estimate of drug-likeness (QED) is 0.798. The van der Waals surface area contributed by atoms with Gasteiger partial charge in [0.05, 0.1) is 23.7 Å². The lowest BCUT2D eigenvalue weighted by Crippen LogP contribution is -2.40. The van der Waals surface area contributed by atoms with Crippen LogP contribution in [0, 0.1) is 0 Å². The molecule has 7 heteroatoms. The third-order valence-electron chi connectivity index (χ3n) is 2.61. The van der Waals surface area contributed by atoms with Crippen LogP contribution in [-0.2, 0) is 9.84 Å². The van der Waals surface area contributed by atoms with Crippen LogP contribution in [0.2, 0.25) is 0 Å². The van der Waals surface area contributed by atoms with E-state index in [2.05, 4.69) is 10.3 Å². The molecule has 2 heterocycles. The Balaban J connectivity index is 2.01. The molecular formula is C9H14N2O3S2. The van der Waals surface area contributed by atoms with Crippen LogP contribution in [0.3, 0.4) is 0 Å². The van der Waals surface area contributed by atoms with Crippen molar-refractivity contribution in [2.24, 2.45) is 0 Å². The van der Waals surface area contributed by atoms with Gasteiger partial charge in [0, 0.05) is 17.6 Å². The minimum Gasteiger partial charge on any atom is -0.390 e. The molecule has 2 N–H and O–H groups in total. The predicted molar refractivity (Wildman–Crippen MR) is 62.1 cm³/mol. The first-order chi connectivity index (χ1) is 7.48. The highest BCUT2D eigenvalue weighted by molar-refractivity contribution is 7.91. The summed E-state index contributed by atoms with van der Waals surface area (Å²) in [5, 5.41) is 15.5. The second-order valence-corrected chi connectivity index (χ2v) is 7.09. The summed E-state index contributed by atoms with van der Waals surface area (Å²) in [4.78, 5) is 4.14. The van der Waals surface area contributed by atoms with Gasteiger partial charge in [-0.25, -0.2) is 13.4 Å². The van der Waals surface area contributed by atoms with Crippen molar-refractivity contribution in [1.29, 1.82) is 0 Å². The Hall–Kier alpha value is -0.500. The molecule has 16 heavy (non-hydrogen) atoms. The molecule has 1 saturated heterocycles. The number of aliphatic hydroxyl groups is 1. The van der Waals surface area contributed by atoms with Crippen molar-refractivity contribution in [2.75, 3.05) is 11.5 Å². The molecule has 5 nitrogen and oxygen atoms in total. The van der Waals surface area contributed by atoms with Crippen LogP contribution in [0.25, 0.3) is 0 Å². The van der Waals surface area contributed by atoms with Crippen LogP contribution in [-0.4, -0.2) is 42.2 Å². The van der Waals surface area contributed by atoms with Gasteiger partial charge in [0.1, 0.15) is 5.01 Å². The van der Waals surface area contributed by atoms with E-state index in [0.29, 0.717) is 0 Å². The normalized spacial score (nSPS) is 30.4. The fourth-order valence-corrected chi connectivity index (χ4v) is 4.24. The topological polar surface area (TPSA) is 79.3 Å². The highest BCUT2D eigenvalue weighted by Gasteiger charge is 2.37. The largest absolute Gasteiger partial charge is 0.390 e. The number of aromatic nitrogens is 1. The summed E-state index contributed by atoms with van der Waals surface area (Å²) in [6, 6.07) is -0.420. The summed E-state index contributed by atoms with van der Waals surface area (Å²) in [5.74, 6) is -0.140. The van der Waals surface area contributed by atoms with E-state index < -0.39 is 15.9 Å². The van der Waals surface area contributed by atoms with Crippen molar-refractivity contribution in [1.82, 2.24) is 10.3 Å². The van der Waals surface area contributed by atoms with Gasteiger partial charge in [-0.2, -0.15) is 0 Å². The SMILES string of the molecule is CC(NC1CS(=O)(=O)CC1O)c1nccs1. The summed E-state index contributed by atoms with van der Waals surface area (Å²) >= 11 is 1.51. The van der Waals surface area contributed by atoms with E-state index >= 15 is 0 Å². The number of nitrogens with one attached hydrogen (secondary N) is 1. The maximum atomic E-state index is 11.3. The van der Waals surface area contributed by atoms with Gasteiger partial charge in [-0.1, -0.05) is 0 Å². The first kappa shape index (κ1) is 12.0. The van der Waals surface area contributed by atoms with Crippen LogP contribution in [0.4, 0.5) is 0 Å². The fraction of sp³-hybridized carbons (Fsp3) is 0.667. The van der Waals surface area contributed by atoms with Gasteiger partial charge in [-0.05, 0) is 6.92 Å². The van der Waals surface area contributed by atoms with Gasteiger partial charge in [0.25, 0.3) is 0 Å². The molecule has 1 aromatic rings. The van der Waals surface area contributed by atoms with Gasteiger partial charge in [0.2, 0.25) is 0 Å². The van der Waals surface area contributed by atoms with Gasteiger partial charge in [0.15, 0.2) is 9.84 Å². The van der Waals surface area contributed by atoms with Crippen molar-refractivity contribution in [3.05, 3.63) is 16.6 Å². The molecule has 0 bridgehead atoms. The molecule has 0 saturated carbocycles. The molecule has 0 aromatic carbocycles. The van der Waals surface area contributed by atoms with Crippen LogP contribution in [0.5, 0.6) is 0 Å². The average molecular weight is 262 g/mol. The molecule has 0 spiro atoms. The number of sulfone groups is 1. The Labute approximate surface area is 98.4 Å². The van der Waals surface area contributed by atoms with E-state index in [1.54, 1.807) is 6.20 Å². The average Bonchev–Trinajstić information content (AvgIpc) is 2.74. The van der Waals surface area contributed by atoms with Crippen molar-refractivity contribution in [2.45, 2.75) is 25.1 Å². The Morgan fingerprint density at radius 2 is 2.38 bits per heavy atom. The monoisotopic (exact) mass is 262 g/mol. The van der Waals surface area contributed by atoms with Crippen molar-refractivity contribution in [3.63, 3.8) is 0 Å². The zero-order valence-electron chi connectivity index (χ0n) is 8.83. The molecule has 1 aliphatic heterocycles. The number of nitrogens with zero attached hydrogens (tertiary/aromatic N) is 1. The Kier molecular flexibility index (Phi) is 3.29. The molecule has 3 unspecified atom stereocenters. The number of thiazole rings is 1. The number of hydrogen-bond acceptors (Lipinski definition) is 6. The molecule has 3 atom stereocenters. The minimum absolute atomic E-state index is 0.00385. The molecule has 0 amide bonds. The van der Waals surface area contributed by atoms with Crippen LogP contribution in [0.1, 0.15) is 18.0 Å². The second kappa shape index (κ2) is 4.40. The van der Waals surface area contributed by atoms with E-state index in [-0.39, 0.29) is 23.6 Å². The maximum absolute atomic E-state index is 11.3. The van der Waals surface area contributed by atoms with Crippen molar-refractivity contribution < 1.29 is 13.5 Å². The molecule has 1 fully saturated rings. The lowest BCUT2D eigenvalue weighted by Gasteiger charge is -2.19. The maximum Gasteiger partial charge on any atom is 0.154 e. The smallest absolute Gasteiger partial charge is 0.154 e. The van der Waals surface area contributed by atoms with Crippen LogP contribution >= 0.6 is 11.3 Å². The van der Waals surface area contributed by atoms with Crippen LogP contribution < -0.4 is 5.32 Å². The van der Waals surface area contributed by atoms with Crippen LogP contribution in [0.15, 0.2) is 11.6 Å². The summed E-state index contributed by atoms with van der Waals surface area (Å²) < 4.78 is 22.6. The number of rotatable bonds is 3. The van der Waals surface area contributed by atoms with E-state index in [0.717, 1.165) is 5.01 Å². The summed E-state index contributed by atoms with van der Waals surface area (Å²) in [7, 11) is -3.09. The lowest BCUT2D eigenvalue weighted by atomic mass is 10.2. The second-order valence-electron chi connectivity index (χ2n) is 4.01. The van der Waals surface area contributed by atoms with Gasteiger partial charge >= 0.3 is 0 Å². The molecule has 1 aromatic heterocycles. The summed E-state index contributed by atoms with van der Waals surface area (Å²) in [6.45, 7) is 1.91. The lowest BCUT2D eigenvalue weighted by molar-refractivity contribution is 0.160. The first-order valence-corrected chi connectivity index (χ1v) is 7.72. The third-order valence-corrected chi connectivity index (χ3v) is 5.28. The Morgan fingerprint density at radius 3 is 2.88 bits per heavy atom. The minimum atomic E-state index is -3.09. The molecule has 90 valence electrons. The number of aliphatic hydroxyl groups excluding tert-OH is 1. The van der Waals surface area contributed by atoms with Gasteiger partial charge in [-0.15, -0.1) is 11.3 Å². The predicted octanol–water partition coefficient (Wildman–Crippen LogP) is -0.0484. The molecule has 1 aliphatic rings. The van der Waals surface area contributed by atoms with E-state index in [4.69, 9.17) is 0 Å². The summed E-state index contributed by atoms with van der Waals surface area (Å²) in [5.41, 5.74) is 0. The highest BCUT2D eigenvalue weighted by Crippen LogP contribution is 2.19. The number of hydrogen-bond donors (Lipinski definition) is 2. The molecule has 0 radical (unpaired) electrons. The van der Waals surface area contributed by atoms with E-state index in [1.165, 1.54) is 11.3 Å².